The summed E-state index contributed by atoms with van der Waals surface area (Å²) in [5, 5.41) is 10.6. The van der Waals surface area contributed by atoms with Crippen molar-refractivity contribution >= 4 is 76.7 Å². The van der Waals surface area contributed by atoms with Crippen LogP contribution in [0.4, 0.5) is 17.8 Å². The van der Waals surface area contributed by atoms with Crippen molar-refractivity contribution in [3.8, 4) is 0 Å². The van der Waals surface area contributed by atoms with Gasteiger partial charge in [0.1, 0.15) is 0 Å². The molecule has 3 rings (SSSR count). The average Bonchev–Trinajstić information content (AvgIpc) is 2.90. The Bertz CT molecular complexity index is 1180. The Labute approximate surface area is 249 Å². The first-order chi connectivity index (χ1) is 18.9. The van der Waals surface area contributed by atoms with Crippen molar-refractivity contribution in [3.63, 3.8) is 0 Å². The Morgan fingerprint density at radius 2 is 1.15 bits per heavy atom. The molecule has 0 aliphatic rings. The number of anilines is 3. The van der Waals surface area contributed by atoms with Crippen LogP contribution in [0.2, 0.25) is 20.1 Å². The van der Waals surface area contributed by atoms with Crippen molar-refractivity contribution in [2.75, 3.05) is 28.8 Å². The number of hydrogen-bond donors (Lipinski definition) is 2. The monoisotopic (exact) mass is 608 g/mol. The van der Waals surface area contributed by atoms with Crippen LogP contribution in [0.3, 0.4) is 0 Å². The third-order valence-corrected chi connectivity index (χ3v) is 6.76. The molecule has 0 fully saturated rings. The first-order valence-corrected chi connectivity index (χ1v) is 14.4. The largest absolute Gasteiger partial charge is 0.341 e. The van der Waals surface area contributed by atoms with Gasteiger partial charge >= 0.3 is 0 Å². The maximum atomic E-state index is 6.26. The summed E-state index contributed by atoms with van der Waals surface area (Å²) in [4.78, 5) is 15.9. The van der Waals surface area contributed by atoms with E-state index in [0.29, 0.717) is 37.2 Å². The molecule has 0 atom stereocenters. The first kappa shape index (κ1) is 30.9. The highest BCUT2D eigenvalue weighted by Gasteiger charge is 2.14. The zero-order valence-electron chi connectivity index (χ0n) is 22.0. The minimum atomic E-state index is 0.263. The lowest BCUT2D eigenvalue weighted by atomic mass is 10.2. The standard InChI is InChI=1S/C27H32Cl4N8/c1-3-5-7-13-39(14-8-6-4-2)27-35-25(37-32-17-19-9-11-21(28)15-23(19)30)34-26(36-27)38-33-18-20-10-12-22(29)16-24(20)31/h9-12,15-18H,3-8,13-14H2,1-2H3,(H2,34,35,36,37,38). The fraction of sp³-hybridized carbons (Fsp3) is 0.370. The first-order valence-electron chi connectivity index (χ1n) is 12.9. The summed E-state index contributed by atoms with van der Waals surface area (Å²) in [5.74, 6) is 1.07. The molecular formula is C27H32Cl4N8. The maximum absolute atomic E-state index is 6.26. The van der Waals surface area contributed by atoms with Gasteiger partial charge in [-0.25, -0.2) is 10.9 Å². The summed E-state index contributed by atoms with van der Waals surface area (Å²) < 4.78 is 0. The predicted molar refractivity (Wildman–Crippen MR) is 166 cm³/mol. The number of nitrogens with zero attached hydrogens (tertiary/aromatic N) is 6. The van der Waals surface area contributed by atoms with Crippen LogP contribution in [0.1, 0.15) is 63.5 Å². The normalized spacial score (nSPS) is 11.4. The van der Waals surface area contributed by atoms with Crippen LogP contribution in [0, 0.1) is 0 Å². The molecule has 2 N–H and O–H groups in total. The molecule has 0 aliphatic heterocycles. The van der Waals surface area contributed by atoms with Crippen LogP contribution >= 0.6 is 46.4 Å². The summed E-state index contributed by atoms with van der Waals surface area (Å²) >= 11 is 24.5. The number of aromatic nitrogens is 3. The molecule has 1 aromatic heterocycles. The molecule has 2 aromatic carbocycles. The van der Waals surface area contributed by atoms with Gasteiger partial charge in [-0.15, -0.1) is 0 Å². The van der Waals surface area contributed by atoms with Gasteiger partial charge in [0.25, 0.3) is 0 Å². The highest BCUT2D eigenvalue weighted by molar-refractivity contribution is 6.36. The molecule has 0 bridgehead atoms. The van der Waals surface area contributed by atoms with Crippen molar-refractivity contribution in [2.24, 2.45) is 10.2 Å². The highest BCUT2D eigenvalue weighted by atomic mass is 35.5. The van der Waals surface area contributed by atoms with Crippen LogP contribution in [-0.2, 0) is 0 Å². The van der Waals surface area contributed by atoms with E-state index in [9.17, 15) is 0 Å². The molecule has 1 heterocycles. The molecule has 0 unspecified atom stereocenters. The van der Waals surface area contributed by atoms with Crippen molar-refractivity contribution < 1.29 is 0 Å². The molecule has 0 saturated heterocycles. The van der Waals surface area contributed by atoms with Gasteiger partial charge in [-0.1, -0.05) is 98.1 Å². The van der Waals surface area contributed by atoms with Gasteiger partial charge in [-0.2, -0.15) is 25.2 Å². The SMILES string of the molecule is CCCCCN(CCCCC)c1nc(NN=Cc2ccc(Cl)cc2Cl)nc(NN=Cc2ccc(Cl)cc2Cl)n1. The molecule has 0 aliphatic carbocycles. The third-order valence-electron chi connectivity index (χ3n) is 5.63. The summed E-state index contributed by atoms with van der Waals surface area (Å²) in [6.07, 6.45) is 9.76. The van der Waals surface area contributed by atoms with E-state index in [1.54, 1.807) is 48.8 Å². The fourth-order valence-electron chi connectivity index (χ4n) is 3.55. The topological polar surface area (TPSA) is 90.7 Å². The molecule has 0 spiro atoms. The Balaban J connectivity index is 1.86. The van der Waals surface area contributed by atoms with Crippen molar-refractivity contribution in [1.29, 1.82) is 0 Å². The number of nitrogens with one attached hydrogen (secondary N) is 2. The Hall–Kier alpha value is -2.65. The lowest BCUT2D eigenvalue weighted by Gasteiger charge is -2.23. The van der Waals surface area contributed by atoms with Crippen LogP contribution in [-0.4, -0.2) is 40.5 Å². The summed E-state index contributed by atoms with van der Waals surface area (Å²) in [5.41, 5.74) is 7.18. The quantitative estimate of drug-likeness (QED) is 0.102. The minimum Gasteiger partial charge on any atom is -0.341 e. The van der Waals surface area contributed by atoms with E-state index >= 15 is 0 Å². The van der Waals surface area contributed by atoms with Crippen molar-refractivity contribution in [2.45, 2.75) is 52.4 Å². The summed E-state index contributed by atoms with van der Waals surface area (Å²) in [6.45, 7) is 6.05. The van der Waals surface area contributed by atoms with E-state index < -0.39 is 0 Å². The smallest absolute Gasteiger partial charge is 0.250 e. The number of hydrazone groups is 2. The van der Waals surface area contributed by atoms with Gasteiger partial charge in [0, 0.05) is 34.3 Å². The lowest BCUT2D eigenvalue weighted by molar-refractivity contribution is 0.625. The molecule has 0 saturated carbocycles. The second-order valence-corrected chi connectivity index (χ2v) is 10.4. The molecule has 0 radical (unpaired) electrons. The fourth-order valence-corrected chi connectivity index (χ4v) is 4.47. The highest BCUT2D eigenvalue weighted by Crippen LogP contribution is 2.21. The number of rotatable bonds is 15. The van der Waals surface area contributed by atoms with E-state index in [-0.39, 0.29) is 11.9 Å². The second-order valence-electron chi connectivity index (χ2n) is 8.76. The van der Waals surface area contributed by atoms with Gasteiger partial charge in [-0.05, 0) is 37.1 Å². The predicted octanol–water partition coefficient (Wildman–Crippen LogP) is 8.56. The van der Waals surface area contributed by atoms with Crippen LogP contribution in [0.15, 0.2) is 46.6 Å². The Kier molecular flexibility index (Phi) is 13.0. The Morgan fingerprint density at radius 3 is 1.56 bits per heavy atom. The minimum absolute atomic E-state index is 0.263. The second kappa shape index (κ2) is 16.5. The third kappa shape index (κ3) is 10.4. The molecular weight excluding hydrogens is 578 g/mol. The molecule has 39 heavy (non-hydrogen) atoms. The number of hydrogen-bond acceptors (Lipinski definition) is 8. The van der Waals surface area contributed by atoms with Gasteiger partial charge in [-0.3, -0.25) is 0 Å². The molecule has 12 heteroatoms. The van der Waals surface area contributed by atoms with Crippen LogP contribution in [0.5, 0.6) is 0 Å². The van der Waals surface area contributed by atoms with E-state index in [2.05, 4.69) is 54.8 Å². The number of benzene rings is 2. The molecule has 0 amide bonds. The zero-order chi connectivity index (χ0) is 28.0. The van der Waals surface area contributed by atoms with Gasteiger partial charge in [0.15, 0.2) is 0 Å². The molecule has 3 aromatic rings. The lowest BCUT2D eigenvalue weighted by Crippen LogP contribution is -2.28. The van der Waals surface area contributed by atoms with E-state index in [1.165, 1.54) is 0 Å². The van der Waals surface area contributed by atoms with Crippen LogP contribution < -0.4 is 15.8 Å². The van der Waals surface area contributed by atoms with Gasteiger partial charge < -0.3 is 4.90 Å². The Morgan fingerprint density at radius 1 is 0.692 bits per heavy atom. The van der Waals surface area contributed by atoms with Gasteiger partial charge in [0.05, 0.1) is 22.5 Å². The number of halogens is 4. The van der Waals surface area contributed by atoms with Crippen molar-refractivity contribution in [1.82, 2.24) is 15.0 Å². The average molecular weight is 610 g/mol. The number of unbranched alkanes of at least 4 members (excludes halogenated alkanes) is 4. The van der Waals surface area contributed by atoms with E-state index in [4.69, 9.17) is 46.4 Å². The van der Waals surface area contributed by atoms with E-state index in [1.807, 2.05) is 0 Å². The zero-order valence-corrected chi connectivity index (χ0v) is 25.0. The molecule has 208 valence electrons. The maximum Gasteiger partial charge on any atom is 0.250 e. The van der Waals surface area contributed by atoms with Crippen LogP contribution in [0.25, 0.3) is 0 Å². The molecule has 8 nitrogen and oxygen atoms in total. The van der Waals surface area contributed by atoms with E-state index in [0.717, 1.165) is 51.6 Å². The summed E-state index contributed by atoms with van der Waals surface area (Å²) in [6, 6.07) is 10.4. The summed E-state index contributed by atoms with van der Waals surface area (Å²) in [7, 11) is 0. The van der Waals surface area contributed by atoms with Gasteiger partial charge in [0.2, 0.25) is 17.8 Å². The van der Waals surface area contributed by atoms with Crippen molar-refractivity contribution in [3.05, 3.63) is 67.6 Å².